The van der Waals surface area contributed by atoms with Crippen molar-refractivity contribution < 1.29 is 8.42 Å². The Labute approximate surface area is 143 Å². The maximum Gasteiger partial charge on any atom is 0.242 e. The van der Waals surface area contributed by atoms with Crippen LogP contribution in [0.25, 0.3) is 0 Å². The largest absolute Gasteiger partial charge is 0.312 e. The zero-order valence-corrected chi connectivity index (χ0v) is 16.1. The summed E-state index contributed by atoms with van der Waals surface area (Å²) in [5.41, 5.74) is 0. The van der Waals surface area contributed by atoms with Gasteiger partial charge in [-0.25, -0.2) is 13.1 Å². The molecule has 120 valence electrons. The highest BCUT2D eigenvalue weighted by Gasteiger charge is 2.23. The number of sulfonamides is 1. The second kappa shape index (κ2) is 8.31. The molecular weight excluding hydrogens is 392 g/mol. The molecule has 1 aromatic heterocycles. The van der Waals surface area contributed by atoms with Gasteiger partial charge in [0.1, 0.15) is 4.90 Å². The first-order valence-corrected chi connectivity index (χ1v) is 11.3. The van der Waals surface area contributed by atoms with Crippen molar-refractivity contribution >= 4 is 49.1 Å². The van der Waals surface area contributed by atoms with E-state index in [9.17, 15) is 8.42 Å². The van der Waals surface area contributed by atoms with E-state index in [1.54, 1.807) is 6.07 Å². The number of thiophene rings is 1. The van der Waals surface area contributed by atoms with Crippen LogP contribution in [0.5, 0.6) is 0 Å². The predicted octanol–water partition coefficient (Wildman–Crippen LogP) is 3.18. The maximum absolute atomic E-state index is 12.4. The van der Waals surface area contributed by atoms with Gasteiger partial charge in [0.05, 0.1) is 3.79 Å². The molecule has 1 aliphatic heterocycles. The minimum Gasteiger partial charge on any atom is -0.312 e. The highest BCUT2D eigenvalue weighted by atomic mass is 79.9. The second-order valence-electron chi connectivity index (χ2n) is 5.01. The molecule has 0 spiro atoms. The average Bonchev–Trinajstić information content (AvgIpc) is 3.07. The van der Waals surface area contributed by atoms with Crippen LogP contribution in [0.2, 0.25) is 0 Å². The van der Waals surface area contributed by atoms with Gasteiger partial charge in [-0.2, -0.15) is 11.8 Å². The molecule has 1 fully saturated rings. The minimum atomic E-state index is -3.42. The van der Waals surface area contributed by atoms with Gasteiger partial charge < -0.3 is 5.32 Å². The van der Waals surface area contributed by atoms with Gasteiger partial charge in [-0.1, -0.05) is 6.92 Å². The molecule has 4 nitrogen and oxygen atoms in total. The molecule has 0 aliphatic carbocycles. The van der Waals surface area contributed by atoms with E-state index in [-0.39, 0.29) is 0 Å². The summed E-state index contributed by atoms with van der Waals surface area (Å²) < 4.78 is 28.2. The van der Waals surface area contributed by atoms with Crippen LogP contribution in [-0.4, -0.2) is 32.5 Å². The van der Waals surface area contributed by atoms with Crippen molar-refractivity contribution in [3.05, 3.63) is 14.7 Å². The molecular formula is C13H21BrN2O2S3. The monoisotopic (exact) mass is 412 g/mol. The van der Waals surface area contributed by atoms with Gasteiger partial charge in [0, 0.05) is 23.2 Å². The van der Waals surface area contributed by atoms with Crippen LogP contribution < -0.4 is 10.0 Å². The lowest BCUT2D eigenvalue weighted by Crippen LogP contribution is -2.29. The molecule has 2 heterocycles. The molecule has 21 heavy (non-hydrogen) atoms. The van der Waals surface area contributed by atoms with Crippen molar-refractivity contribution in [3.63, 3.8) is 0 Å². The fourth-order valence-electron chi connectivity index (χ4n) is 2.14. The summed E-state index contributed by atoms with van der Waals surface area (Å²) >= 11 is 6.72. The van der Waals surface area contributed by atoms with E-state index in [0.29, 0.717) is 27.0 Å². The van der Waals surface area contributed by atoms with Crippen molar-refractivity contribution in [2.75, 3.05) is 18.8 Å². The number of rotatable bonds is 8. The smallest absolute Gasteiger partial charge is 0.242 e. The number of hydrogen-bond acceptors (Lipinski definition) is 5. The predicted molar refractivity (Wildman–Crippen MR) is 94.7 cm³/mol. The Kier molecular flexibility index (Phi) is 7.02. The Bertz CT molecular complexity index is 554. The lowest BCUT2D eigenvalue weighted by atomic mass is 10.2. The molecule has 2 rings (SSSR count). The summed E-state index contributed by atoms with van der Waals surface area (Å²) in [5, 5.41) is 3.71. The van der Waals surface area contributed by atoms with E-state index in [1.165, 1.54) is 17.8 Å². The summed E-state index contributed by atoms with van der Waals surface area (Å²) in [7, 11) is -3.42. The van der Waals surface area contributed by atoms with Crippen molar-refractivity contribution in [1.82, 2.24) is 10.0 Å². The normalized spacial score (nSPS) is 19.2. The fourth-order valence-corrected chi connectivity index (χ4v) is 7.18. The SMILES string of the molecule is CCCNCc1cc(S(=O)(=O)NCC2CCCS2)c(Br)s1. The summed E-state index contributed by atoms with van der Waals surface area (Å²) in [6.45, 7) is 4.29. The number of nitrogens with one attached hydrogen (secondary N) is 2. The lowest BCUT2D eigenvalue weighted by molar-refractivity contribution is 0.579. The molecule has 1 saturated heterocycles. The first-order valence-electron chi connectivity index (χ1n) is 7.13. The third-order valence-corrected chi connectivity index (χ3v) is 8.32. The van der Waals surface area contributed by atoms with Crippen LogP contribution in [0.1, 0.15) is 31.1 Å². The molecule has 1 unspecified atom stereocenters. The average molecular weight is 413 g/mol. The van der Waals surface area contributed by atoms with Gasteiger partial charge in [-0.15, -0.1) is 11.3 Å². The van der Waals surface area contributed by atoms with Gasteiger partial charge in [0.2, 0.25) is 10.0 Å². The van der Waals surface area contributed by atoms with Gasteiger partial charge in [0.15, 0.2) is 0 Å². The summed E-state index contributed by atoms with van der Waals surface area (Å²) in [6.07, 6.45) is 3.36. The molecule has 0 aromatic carbocycles. The second-order valence-corrected chi connectivity index (χ2v) is 10.6. The molecule has 0 radical (unpaired) electrons. The fraction of sp³-hybridized carbons (Fsp3) is 0.692. The summed E-state index contributed by atoms with van der Waals surface area (Å²) in [4.78, 5) is 1.40. The zero-order valence-electron chi connectivity index (χ0n) is 12.0. The van der Waals surface area contributed by atoms with Crippen LogP contribution in [0.15, 0.2) is 14.7 Å². The summed E-state index contributed by atoms with van der Waals surface area (Å²) in [5.74, 6) is 1.14. The Morgan fingerprint density at radius 2 is 2.29 bits per heavy atom. The minimum absolute atomic E-state index is 0.365. The van der Waals surface area contributed by atoms with E-state index < -0.39 is 10.0 Å². The highest BCUT2D eigenvalue weighted by Crippen LogP contribution is 2.32. The van der Waals surface area contributed by atoms with Crippen LogP contribution >= 0.6 is 39.0 Å². The Hall–Kier alpha value is 0.400. The highest BCUT2D eigenvalue weighted by molar-refractivity contribution is 9.11. The number of halogens is 1. The Balaban J connectivity index is 1.97. The van der Waals surface area contributed by atoms with Crippen molar-refractivity contribution in [2.24, 2.45) is 0 Å². The molecule has 1 aliphatic rings. The van der Waals surface area contributed by atoms with Crippen molar-refractivity contribution in [2.45, 2.75) is 42.9 Å². The van der Waals surface area contributed by atoms with Crippen LogP contribution in [0, 0.1) is 0 Å². The van der Waals surface area contributed by atoms with Crippen molar-refractivity contribution in [3.8, 4) is 0 Å². The molecule has 1 atom stereocenters. The maximum atomic E-state index is 12.4. The van der Waals surface area contributed by atoms with Crippen LogP contribution in [0.3, 0.4) is 0 Å². The van der Waals surface area contributed by atoms with E-state index in [1.807, 2.05) is 11.8 Å². The molecule has 8 heteroatoms. The first-order chi connectivity index (χ1) is 10.0. The van der Waals surface area contributed by atoms with Gasteiger partial charge in [-0.3, -0.25) is 0 Å². The molecule has 2 N–H and O–H groups in total. The van der Waals surface area contributed by atoms with Gasteiger partial charge in [0.25, 0.3) is 0 Å². The first kappa shape index (κ1) is 17.7. The van der Waals surface area contributed by atoms with E-state index in [2.05, 4.69) is 32.9 Å². The topological polar surface area (TPSA) is 58.2 Å². The number of hydrogen-bond donors (Lipinski definition) is 2. The van der Waals surface area contributed by atoms with E-state index >= 15 is 0 Å². The van der Waals surface area contributed by atoms with Gasteiger partial charge in [-0.05, 0) is 53.6 Å². The summed E-state index contributed by atoms with van der Waals surface area (Å²) in [6, 6.07) is 1.77. The quantitative estimate of drug-likeness (QED) is 0.643. The van der Waals surface area contributed by atoms with Crippen molar-refractivity contribution in [1.29, 1.82) is 0 Å². The van der Waals surface area contributed by atoms with Gasteiger partial charge >= 0.3 is 0 Å². The van der Waals surface area contributed by atoms with Crippen LogP contribution in [-0.2, 0) is 16.6 Å². The molecule has 0 bridgehead atoms. The molecule has 1 aromatic rings. The standard InChI is InChI=1S/C13H21BrN2O2S3/c1-2-5-15-8-11-7-12(13(14)20-11)21(17,18)16-9-10-4-3-6-19-10/h7,10,15-16H,2-6,8-9H2,1H3. The third-order valence-electron chi connectivity index (χ3n) is 3.25. The lowest BCUT2D eigenvalue weighted by Gasteiger charge is -2.10. The molecule has 0 amide bonds. The van der Waals surface area contributed by atoms with E-state index in [0.717, 1.165) is 30.0 Å². The third kappa shape index (κ3) is 5.21. The zero-order chi connectivity index (χ0) is 15.3. The van der Waals surface area contributed by atoms with E-state index in [4.69, 9.17) is 0 Å². The number of thioether (sulfide) groups is 1. The Morgan fingerprint density at radius 1 is 1.48 bits per heavy atom. The molecule has 0 saturated carbocycles. The Morgan fingerprint density at radius 3 is 2.95 bits per heavy atom. The van der Waals surface area contributed by atoms with Crippen LogP contribution in [0.4, 0.5) is 0 Å².